The minimum absolute atomic E-state index is 0.188. The van der Waals surface area contributed by atoms with Crippen molar-refractivity contribution in [3.05, 3.63) is 65.5 Å². The molecule has 0 aliphatic carbocycles. The number of piperidine rings is 1. The molecule has 29 heavy (non-hydrogen) atoms. The standard InChI is InChI=1S/C21H21FN4O3/c22-17-2-1-3-18-16(17)6-10-26(18)21(27)19-12-23-20(29-19)14-4-8-25(9-5-14)13-15-7-11-28-24-15/h1-3,7,11-12,14H,4-6,8-10,13H2. The topological polar surface area (TPSA) is 75.6 Å². The molecule has 2 aliphatic heterocycles. The van der Waals surface area contributed by atoms with E-state index in [0.717, 1.165) is 38.2 Å². The van der Waals surface area contributed by atoms with Crippen molar-refractivity contribution < 1.29 is 18.1 Å². The van der Waals surface area contributed by atoms with Gasteiger partial charge in [0.25, 0.3) is 5.91 Å². The third kappa shape index (κ3) is 3.44. The fourth-order valence-corrected chi connectivity index (χ4v) is 4.20. The second-order valence-electron chi connectivity index (χ2n) is 7.55. The molecule has 2 aliphatic rings. The van der Waals surface area contributed by atoms with E-state index in [1.807, 2.05) is 6.07 Å². The Hall–Kier alpha value is -3.00. The number of halogens is 1. The second kappa shape index (κ2) is 7.44. The molecule has 0 unspecified atom stereocenters. The fraction of sp³-hybridized carbons (Fsp3) is 0.381. The Labute approximate surface area is 167 Å². The van der Waals surface area contributed by atoms with Gasteiger partial charge < -0.3 is 13.8 Å². The van der Waals surface area contributed by atoms with Gasteiger partial charge in [-0.2, -0.15) is 0 Å². The smallest absolute Gasteiger partial charge is 0.295 e. The van der Waals surface area contributed by atoms with E-state index in [1.54, 1.807) is 23.3 Å². The van der Waals surface area contributed by atoms with Crippen molar-refractivity contribution in [2.45, 2.75) is 31.7 Å². The van der Waals surface area contributed by atoms with Gasteiger partial charge in [0.1, 0.15) is 12.1 Å². The SMILES string of the molecule is O=C(c1cnc(C2CCN(Cc3ccon3)CC2)o1)N1CCc2c(F)cccc21. The van der Waals surface area contributed by atoms with Crippen LogP contribution in [0.4, 0.5) is 10.1 Å². The van der Waals surface area contributed by atoms with Gasteiger partial charge in [-0.3, -0.25) is 9.69 Å². The highest BCUT2D eigenvalue weighted by molar-refractivity contribution is 6.05. The Bertz CT molecular complexity index is 1010. The van der Waals surface area contributed by atoms with Crippen LogP contribution in [0.1, 0.15) is 46.5 Å². The number of rotatable bonds is 4. The lowest BCUT2D eigenvalue weighted by molar-refractivity contribution is 0.0958. The molecule has 1 amide bonds. The van der Waals surface area contributed by atoms with E-state index in [-0.39, 0.29) is 23.4 Å². The van der Waals surface area contributed by atoms with Crippen LogP contribution in [0.25, 0.3) is 0 Å². The lowest BCUT2D eigenvalue weighted by Gasteiger charge is -2.29. The normalized spacial score (nSPS) is 17.6. The summed E-state index contributed by atoms with van der Waals surface area (Å²) in [6.07, 6.45) is 5.41. The molecule has 1 aromatic carbocycles. The molecular formula is C21H21FN4O3. The highest BCUT2D eigenvalue weighted by atomic mass is 19.1. The van der Waals surface area contributed by atoms with Crippen molar-refractivity contribution in [3.8, 4) is 0 Å². The molecule has 0 radical (unpaired) electrons. The summed E-state index contributed by atoms with van der Waals surface area (Å²) in [5, 5.41) is 3.96. The van der Waals surface area contributed by atoms with Crippen LogP contribution in [-0.2, 0) is 13.0 Å². The Kier molecular flexibility index (Phi) is 4.63. The van der Waals surface area contributed by atoms with Crippen molar-refractivity contribution in [1.29, 1.82) is 0 Å². The zero-order valence-corrected chi connectivity index (χ0v) is 15.9. The first kappa shape index (κ1) is 18.1. The number of hydrogen-bond acceptors (Lipinski definition) is 6. The van der Waals surface area contributed by atoms with Crippen LogP contribution in [0.2, 0.25) is 0 Å². The van der Waals surface area contributed by atoms with Crippen LogP contribution in [-0.4, -0.2) is 40.6 Å². The summed E-state index contributed by atoms with van der Waals surface area (Å²) in [6, 6.07) is 6.69. The van der Waals surface area contributed by atoms with Gasteiger partial charge >= 0.3 is 0 Å². The summed E-state index contributed by atoms with van der Waals surface area (Å²) in [6.45, 7) is 3.03. The fourth-order valence-electron chi connectivity index (χ4n) is 4.20. The van der Waals surface area contributed by atoms with Crippen LogP contribution >= 0.6 is 0 Å². The van der Waals surface area contributed by atoms with E-state index in [1.165, 1.54) is 12.3 Å². The molecule has 0 atom stereocenters. The Balaban J connectivity index is 1.24. The summed E-state index contributed by atoms with van der Waals surface area (Å²) < 4.78 is 24.7. The van der Waals surface area contributed by atoms with Crippen LogP contribution in [0.15, 0.2) is 45.7 Å². The first-order valence-electron chi connectivity index (χ1n) is 9.85. The first-order chi connectivity index (χ1) is 14.2. The number of oxazole rings is 1. The average Bonchev–Trinajstić information content (AvgIpc) is 3.49. The van der Waals surface area contributed by atoms with E-state index in [2.05, 4.69) is 15.0 Å². The third-order valence-electron chi connectivity index (χ3n) is 5.76. The molecule has 4 heterocycles. The molecule has 1 saturated heterocycles. The number of amides is 1. The quantitative estimate of drug-likeness (QED) is 0.673. The number of aromatic nitrogens is 2. The molecule has 0 saturated carbocycles. The number of nitrogens with zero attached hydrogens (tertiary/aromatic N) is 4. The zero-order chi connectivity index (χ0) is 19.8. The number of hydrogen-bond donors (Lipinski definition) is 0. The monoisotopic (exact) mass is 396 g/mol. The van der Waals surface area contributed by atoms with Crippen LogP contribution < -0.4 is 4.90 Å². The summed E-state index contributed by atoms with van der Waals surface area (Å²) in [4.78, 5) is 21.2. The van der Waals surface area contributed by atoms with Crippen LogP contribution in [0.5, 0.6) is 0 Å². The summed E-state index contributed by atoms with van der Waals surface area (Å²) in [5.74, 6) is 0.466. The van der Waals surface area contributed by atoms with E-state index < -0.39 is 0 Å². The van der Waals surface area contributed by atoms with Crippen LogP contribution in [0.3, 0.4) is 0 Å². The highest BCUT2D eigenvalue weighted by Crippen LogP contribution is 2.32. The average molecular weight is 396 g/mol. The van der Waals surface area contributed by atoms with E-state index in [4.69, 9.17) is 8.94 Å². The highest BCUT2D eigenvalue weighted by Gasteiger charge is 2.31. The van der Waals surface area contributed by atoms with Crippen molar-refractivity contribution in [2.75, 3.05) is 24.5 Å². The predicted molar refractivity (Wildman–Crippen MR) is 102 cm³/mol. The minimum atomic E-state index is -0.270. The maximum atomic E-state index is 13.9. The maximum Gasteiger partial charge on any atom is 0.295 e. The maximum absolute atomic E-state index is 13.9. The van der Waals surface area contributed by atoms with Gasteiger partial charge in [0.15, 0.2) is 5.89 Å². The predicted octanol–water partition coefficient (Wildman–Crippen LogP) is 3.38. The molecule has 0 bridgehead atoms. The van der Waals surface area contributed by atoms with Crippen LogP contribution in [0, 0.1) is 5.82 Å². The summed E-state index contributed by atoms with van der Waals surface area (Å²) >= 11 is 0. The van der Waals surface area contributed by atoms with Gasteiger partial charge in [-0.1, -0.05) is 11.2 Å². The van der Waals surface area contributed by atoms with Crippen molar-refractivity contribution in [2.24, 2.45) is 0 Å². The number of likely N-dealkylation sites (tertiary alicyclic amines) is 1. The molecule has 8 heteroatoms. The van der Waals surface area contributed by atoms with Crippen molar-refractivity contribution in [3.63, 3.8) is 0 Å². The van der Waals surface area contributed by atoms with Crippen molar-refractivity contribution in [1.82, 2.24) is 15.0 Å². The van der Waals surface area contributed by atoms with Gasteiger partial charge in [0.2, 0.25) is 5.76 Å². The molecule has 150 valence electrons. The van der Waals surface area contributed by atoms with Gasteiger partial charge in [0, 0.05) is 30.6 Å². The third-order valence-corrected chi connectivity index (χ3v) is 5.76. The molecule has 1 fully saturated rings. The van der Waals surface area contributed by atoms with Gasteiger partial charge in [-0.05, 0) is 44.5 Å². The van der Waals surface area contributed by atoms with Gasteiger partial charge in [0.05, 0.1) is 17.6 Å². The zero-order valence-electron chi connectivity index (χ0n) is 15.9. The minimum Gasteiger partial charge on any atom is -0.435 e. The number of carbonyl (C=O) groups is 1. The molecule has 7 nitrogen and oxygen atoms in total. The molecule has 3 aromatic rings. The summed E-state index contributed by atoms with van der Waals surface area (Å²) in [7, 11) is 0. The second-order valence-corrected chi connectivity index (χ2v) is 7.55. The van der Waals surface area contributed by atoms with Gasteiger partial charge in [-0.25, -0.2) is 9.37 Å². The number of carbonyl (C=O) groups excluding carboxylic acids is 1. The molecular weight excluding hydrogens is 375 g/mol. The Morgan fingerprint density at radius 1 is 1.21 bits per heavy atom. The lowest BCUT2D eigenvalue weighted by Crippen LogP contribution is -2.32. The Morgan fingerprint density at radius 2 is 2.07 bits per heavy atom. The van der Waals surface area contributed by atoms with E-state index in [9.17, 15) is 9.18 Å². The largest absolute Gasteiger partial charge is 0.435 e. The van der Waals surface area contributed by atoms with E-state index in [0.29, 0.717) is 30.1 Å². The number of anilines is 1. The molecule has 2 aromatic heterocycles. The molecule has 0 spiro atoms. The lowest BCUT2D eigenvalue weighted by atomic mass is 9.97. The van der Waals surface area contributed by atoms with E-state index >= 15 is 0 Å². The number of fused-ring (bicyclic) bond motifs is 1. The molecule has 0 N–H and O–H groups in total. The summed E-state index contributed by atoms with van der Waals surface area (Å²) in [5.41, 5.74) is 2.13. The first-order valence-corrected chi connectivity index (χ1v) is 9.85. The Morgan fingerprint density at radius 3 is 2.86 bits per heavy atom. The molecule has 5 rings (SSSR count). The van der Waals surface area contributed by atoms with Gasteiger partial charge in [-0.15, -0.1) is 0 Å². The van der Waals surface area contributed by atoms with Crippen molar-refractivity contribution >= 4 is 11.6 Å². The number of benzene rings is 1.